The molecule has 3 nitrogen and oxygen atoms in total. The zero-order valence-electron chi connectivity index (χ0n) is 11.6. The fourth-order valence-corrected chi connectivity index (χ4v) is 3.91. The Bertz CT molecular complexity index is 236. The Morgan fingerprint density at radius 1 is 1.29 bits per heavy atom. The second kappa shape index (κ2) is 5.68. The SMILES string of the molecule is CCCCN(CC)C1(CN)CN2CCC1CC2. The van der Waals surface area contributed by atoms with Crippen LogP contribution in [0.15, 0.2) is 0 Å². The average Bonchev–Trinajstić information content (AvgIpc) is 2.40. The molecule has 2 bridgehead atoms. The lowest BCUT2D eigenvalue weighted by atomic mass is 9.71. The summed E-state index contributed by atoms with van der Waals surface area (Å²) in [4.78, 5) is 5.31. The molecule has 3 aliphatic rings. The van der Waals surface area contributed by atoms with Crippen molar-refractivity contribution in [1.29, 1.82) is 0 Å². The summed E-state index contributed by atoms with van der Waals surface area (Å²) < 4.78 is 0. The lowest BCUT2D eigenvalue weighted by Gasteiger charge is -2.57. The first-order valence-corrected chi connectivity index (χ1v) is 7.44. The van der Waals surface area contributed by atoms with Crippen LogP contribution in [0.1, 0.15) is 39.5 Å². The maximum Gasteiger partial charge on any atom is 0.0487 e. The van der Waals surface area contributed by atoms with Crippen molar-refractivity contribution >= 4 is 0 Å². The van der Waals surface area contributed by atoms with E-state index >= 15 is 0 Å². The van der Waals surface area contributed by atoms with Crippen LogP contribution in [0, 0.1) is 5.92 Å². The fourth-order valence-electron chi connectivity index (χ4n) is 3.91. The van der Waals surface area contributed by atoms with E-state index in [1.165, 1.54) is 51.9 Å². The second-order valence-electron chi connectivity index (χ2n) is 5.79. The van der Waals surface area contributed by atoms with E-state index in [1.54, 1.807) is 0 Å². The molecule has 0 spiro atoms. The molecule has 3 heteroatoms. The Labute approximate surface area is 106 Å². The van der Waals surface area contributed by atoms with E-state index in [-0.39, 0.29) is 0 Å². The van der Waals surface area contributed by atoms with Crippen LogP contribution in [-0.2, 0) is 0 Å². The van der Waals surface area contributed by atoms with Gasteiger partial charge in [-0.15, -0.1) is 0 Å². The normalized spacial score (nSPS) is 36.7. The van der Waals surface area contributed by atoms with E-state index in [0.29, 0.717) is 5.54 Å². The van der Waals surface area contributed by atoms with Crippen LogP contribution in [0.3, 0.4) is 0 Å². The number of nitrogens with two attached hydrogens (primary N) is 1. The number of hydrogen-bond acceptors (Lipinski definition) is 3. The second-order valence-corrected chi connectivity index (χ2v) is 5.79. The maximum absolute atomic E-state index is 6.20. The smallest absolute Gasteiger partial charge is 0.0487 e. The molecule has 3 rings (SSSR count). The van der Waals surface area contributed by atoms with Crippen molar-refractivity contribution in [3.8, 4) is 0 Å². The van der Waals surface area contributed by atoms with Gasteiger partial charge in [-0.2, -0.15) is 0 Å². The van der Waals surface area contributed by atoms with Crippen molar-refractivity contribution in [3.63, 3.8) is 0 Å². The van der Waals surface area contributed by atoms with E-state index in [2.05, 4.69) is 23.6 Å². The number of nitrogens with zero attached hydrogens (tertiary/aromatic N) is 2. The summed E-state index contributed by atoms with van der Waals surface area (Å²) in [6.45, 7) is 11.6. The van der Waals surface area contributed by atoms with Crippen LogP contribution in [0.2, 0.25) is 0 Å². The Kier molecular flexibility index (Phi) is 4.45. The van der Waals surface area contributed by atoms with Crippen molar-refractivity contribution in [2.45, 2.75) is 45.1 Å². The van der Waals surface area contributed by atoms with Gasteiger partial charge in [-0.3, -0.25) is 4.90 Å². The van der Waals surface area contributed by atoms with E-state index < -0.39 is 0 Å². The van der Waals surface area contributed by atoms with Gasteiger partial charge in [0, 0.05) is 18.6 Å². The molecule has 1 unspecified atom stereocenters. The highest BCUT2D eigenvalue weighted by molar-refractivity contribution is 5.05. The first-order valence-electron chi connectivity index (χ1n) is 7.44. The fraction of sp³-hybridized carbons (Fsp3) is 1.00. The van der Waals surface area contributed by atoms with Crippen molar-refractivity contribution in [1.82, 2.24) is 9.80 Å². The monoisotopic (exact) mass is 239 g/mol. The van der Waals surface area contributed by atoms with Crippen molar-refractivity contribution in [3.05, 3.63) is 0 Å². The van der Waals surface area contributed by atoms with E-state index in [1.807, 2.05) is 0 Å². The maximum atomic E-state index is 6.20. The predicted octanol–water partition coefficient (Wildman–Crippen LogP) is 1.53. The van der Waals surface area contributed by atoms with Crippen LogP contribution in [0.4, 0.5) is 0 Å². The number of rotatable bonds is 6. The van der Waals surface area contributed by atoms with Gasteiger partial charge in [-0.05, 0) is 51.4 Å². The Morgan fingerprint density at radius 3 is 2.41 bits per heavy atom. The van der Waals surface area contributed by atoms with Gasteiger partial charge in [0.1, 0.15) is 0 Å². The van der Waals surface area contributed by atoms with Crippen molar-refractivity contribution in [2.24, 2.45) is 11.7 Å². The molecule has 0 radical (unpaired) electrons. The molecule has 3 aliphatic heterocycles. The highest BCUT2D eigenvalue weighted by atomic mass is 15.3. The molecule has 0 amide bonds. The number of piperidine rings is 3. The summed E-state index contributed by atoms with van der Waals surface area (Å²) >= 11 is 0. The minimum Gasteiger partial charge on any atom is -0.329 e. The third-order valence-corrected chi connectivity index (χ3v) is 4.99. The summed E-state index contributed by atoms with van der Waals surface area (Å²) in [6.07, 6.45) is 5.31. The van der Waals surface area contributed by atoms with Crippen LogP contribution >= 0.6 is 0 Å². The van der Waals surface area contributed by atoms with Gasteiger partial charge >= 0.3 is 0 Å². The summed E-state index contributed by atoms with van der Waals surface area (Å²) in [7, 11) is 0. The molecule has 0 aromatic carbocycles. The third-order valence-electron chi connectivity index (χ3n) is 4.99. The standard InChI is InChI=1S/C14H29N3/c1-3-5-8-17(4-2)14(11-15)12-16-9-6-13(14)7-10-16/h13H,3-12,15H2,1-2H3. The average molecular weight is 239 g/mol. The zero-order valence-corrected chi connectivity index (χ0v) is 11.6. The van der Waals surface area contributed by atoms with Gasteiger partial charge in [-0.1, -0.05) is 20.3 Å². The molecule has 0 aromatic rings. The molecule has 1 atom stereocenters. The summed E-state index contributed by atoms with van der Waals surface area (Å²) in [6, 6.07) is 0. The summed E-state index contributed by atoms with van der Waals surface area (Å²) in [5, 5.41) is 0. The van der Waals surface area contributed by atoms with Crippen LogP contribution in [0.25, 0.3) is 0 Å². The highest BCUT2D eigenvalue weighted by Crippen LogP contribution is 2.39. The van der Waals surface area contributed by atoms with E-state index in [0.717, 1.165) is 19.0 Å². The predicted molar refractivity (Wildman–Crippen MR) is 73.1 cm³/mol. The first-order chi connectivity index (χ1) is 8.26. The lowest BCUT2D eigenvalue weighted by molar-refractivity contribution is -0.0656. The summed E-state index contributed by atoms with van der Waals surface area (Å²) in [5.41, 5.74) is 6.50. The van der Waals surface area contributed by atoms with E-state index in [9.17, 15) is 0 Å². The van der Waals surface area contributed by atoms with Gasteiger partial charge in [0.15, 0.2) is 0 Å². The molecule has 0 aliphatic carbocycles. The summed E-state index contributed by atoms with van der Waals surface area (Å²) in [5.74, 6) is 0.842. The molecule has 100 valence electrons. The molecule has 3 heterocycles. The molecule has 0 aromatic heterocycles. The van der Waals surface area contributed by atoms with Crippen LogP contribution in [0.5, 0.6) is 0 Å². The largest absolute Gasteiger partial charge is 0.329 e. The molecule has 17 heavy (non-hydrogen) atoms. The minimum atomic E-state index is 0.292. The van der Waals surface area contributed by atoms with Crippen molar-refractivity contribution in [2.75, 3.05) is 39.3 Å². The number of likely N-dealkylation sites (N-methyl/N-ethyl adjacent to an activating group) is 1. The van der Waals surface area contributed by atoms with Crippen LogP contribution < -0.4 is 5.73 Å². The molecule has 0 saturated carbocycles. The van der Waals surface area contributed by atoms with Gasteiger partial charge in [0.05, 0.1) is 0 Å². The van der Waals surface area contributed by atoms with Crippen molar-refractivity contribution < 1.29 is 0 Å². The Balaban J connectivity index is 2.11. The minimum absolute atomic E-state index is 0.292. The van der Waals surface area contributed by atoms with Gasteiger partial charge in [0.2, 0.25) is 0 Å². The third kappa shape index (κ3) is 2.38. The zero-order chi connectivity index (χ0) is 12.3. The number of fused-ring (bicyclic) bond motifs is 3. The van der Waals surface area contributed by atoms with E-state index in [4.69, 9.17) is 5.73 Å². The lowest BCUT2D eigenvalue weighted by Crippen LogP contribution is -2.70. The first kappa shape index (κ1) is 13.3. The molecule has 2 N–H and O–H groups in total. The Hall–Kier alpha value is -0.120. The van der Waals surface area contributed by atoms with Gasteiger partial charge < -0.3 is 10.6 Å². The van der Waals surface area contributed by atoms with Crippen LogP contribution in [-0.4, -0.2) is 54.6 Å². The molecule has 3 saturated heterocycles. The Morgan fingerprint density at radius 2 is 2.00 bits per heavy atom. The van der Waals surface area contributed by atoms with Gasteiger partial charge in [0.25, 0.3) is 0 Å². The number of unbranched alkanes of at least 4 members (excludes halogenated alkanes) is 1. The highest BCUT2D eigenvalue weighted by Gasteiger charge is 2.48. The number of hydrogen-bond donors (Lipinski definition) is 1. The molecule has 3 fully saturated rings. The quantitative estimate of drug-likeness (QED) is 0.763. The molecular formula is C14H29N3. The van der Waals surface area contributed by atoms with Gasteiger partial charge in [-0.25, -0.2) is 0 Å². The topological polar surface area (TPSA) is 32.5 Å². The molecular weight excluding hydrogens is 210 g/mol.